The zero-order chi connectivity index (χ0) is 18.5. The highest BCUT2D eigenvalue weighted by Gasteiger charge is 2.25. The van der Waals surface area contributed by atoms with Gasteiger partial charge in [-0.15, -0.1) is 0 Å². The molecular formula is C21H24BrNO3. The van der Waals surface area contributed by atoms with Crippen LogP contribution >= 0.6 is 15.9 Å². The van der Waals surface area contributed by atoms with E-state index in [1.807, 2.05) is 24.0 Å². The molecule has 1 aliphatic heterocycles. The fourth-order valence-electron chi connectivity index (χ4n) is 3.45. The number of hydrogen-bond donors (Lipinski definition) is 0. The molecule has 0 aliphatic carbocycles. The molecule has 3 rings (SSSR count). The van der Waals surface area contributed by atoms with Crippen molar-refractivity contribution in [2.45, 2.75) is 25.7 Å². The lowest BCUT2D eigenvalue weighted by atomic mass is 9.89. The number of halogens is 1. The maximum absolute atomic E-state index is 12.9. The van der Waals surface area contributed by atoms with Crippen LogP contribution in [0.3, 0.4) is 0 Å². The van der Waals surface area contributed by atoms with Crippen molar-refractivity contribution < 1.29 is 14.3 Å². The van der Waals surface area contributed by atoms with Crippen molar-refractivity contribution in [3.63, 3.8) is 0 Å². The summed E-state index contributed by atoms with van der Waals surface area (Å²) >= 11 is 3.50. The summed E-state index contributed by atoms with van der Waals surface area (Å²) in [6.45, 7) is 3.99. The standard InChI is InChI=1S/C21H24BrNO3/c1-3-26-20-18(22)13-17(14-19(20)25-2)21(24)23-11-9-16(10-12-23)15-7-5-4-6-8-15/h4-8,13-14,16H,3,9-12H2,1-2H3. The molecule has 2 aromatic carbocycles. The van der Waals surface area contributed by atoms with Crippen molar-refractivity contribution in [1.29, 1.82) is 0 Å². The molecule has 4 nitrogen and oxygen atoms in total. The minimum Gasteiger partial charge on any atom is -0.493 e. The van der Waals surface area contributed by atoms with Crippen LogP contribution in [-0.4, -0.2) is 37.6 Å². The Kier molecular flexibility index (Phi) is 6.20. The molecule has 2 aromatic rings. The smallest absolute Gasteiger partial charge is 0.254 e. The van der Waals surface area contributed by atoms with Gasteiger partial charge in [-0.25, -0.2) is 0 Å². The van der Waals surface area contributed by atoms with Crippen molar-refractivity contribution in [2.75, 3.05) is 26.8 Å². The molecule has 1 saturated heterocycles. The summed E-state index contributed by atoms with van der Waals surface area (Å²) in [5.74, 6) is 1.78. The molecule has 0 unspecified atom stereocenters. The molecular weight excluding hydrogens is 394 g/mol. The summed E-state index contributed by atoms with van der Waals surface area (Å²) in [7, 11) is 1.59. The molecule has 0 N–H and O–H groups in total. The fourth-order valence-corrected chi connectivity index (χ4v) is 4.01. The van der Waals surface area contributed by atoms with Crippen molar-refractivity contribution in [1.82, 2.24) is 4.90 Å². The molecule has 1 amide bonds. The van der Waals surface area contributed by atoms with Crippen LogP contribution in [0.4, 0.5) is 0 Å². The average molecular weight is 418 g/mol. The highest BCUT2D eigenvalue weighted by molar-refractivity contribution is 9.10. The van der Waals surface area contributed by atoms with E-state index in [-0.39, 0.29) is 5.91 Å². The highest BCUT2D eigenvalue weighted by atomic mass is 79.9. The molecule has 1 heterocycles. The zero-order valence-electron chi connectivity index (χ0n) is 15.2. The van der Waals surface area contributed by atoms with E-state index in [1.54, 1.807) is 13.2 Å². The molecule has 1 aliphatic rings. The molecule has 0 aromatic heterocycles. The van der Waals surface area contributed by atoms with Crippen molar-refractivity contribution in [3.05, 3.63) is 58.1 Å². The monoisotopic (exact) mass is 417 g/mol. The van der Waals surface area contributed by atoms with Gasteiger partial charge in [0.05, 0.1) is 18.2 Å². The average Bonchev–Trinajstić information content (AvgIpc) is 2.69. The Hall–Kier alpha value is -2.01. The van der Waals surface area contributed by atoms with Gasteiger partial charge in [0.2, 0.25) is 0 Å². The topological polar surface area (TPSA) is 38.8 Å². The second-order valence-electron chi connectivity index (χ2n) is 6.40. The van der Waals surface area contributed by atoms with Gasteiger partial charge in [-0.3, -0.25) is 4.79 Å². The van der Waals surface area contributed by atoms with Gasteiger partial charge < -0.3 is 14.4 Å². The first-order chi connectivity index (χ1) is 12.6. The predicted octanol–water partition coefficient (Wildman–Crippen LogP) is 4.88. The molecule has 0 radical (unpaired) electrons. The van der Waals surface area contributed by atoms with E-state index in [4.69, 9.17) is 9.47 Å². The number of carbonyl (C=O) groups excluding carboxylic acids is 1. The lowest BCUT2D eigenvalue weighted by Crippen LogP contribution is -2.37. The van der Waals surface area contributed by atoms with Crippen molar-refractivity contribution in [2.24, 2.45) is 0 Å². The molecule has 1 fully saturated rings. The third-order valence-corrected chi connectivity index (χ3v) is 5.41. The molecule has 0 atom stereocenters. The second kappa shape index (κ2) is 8.58. The predicted molar refractivity (Wildman–Crippen MR) is 106 cm³/mol. The van der Waals surface area contributed by atoms with Crippen LogP contribution in [0.5, 0.6) is 11.5 Å². The van der Waals surface area contributed by atoms with Gasteiger partial charge in [-0.2, -0.15) is 0 Å². The Morgan fingerprint density at radius 2 is 1.88 bits per heavy atom. The van der Waals surface area contributed by atoms with E-state index in [0.717, 1.165) is 30.4 Å². The molecule has 138 valence electrons. The first-order valence-corrected chi connectivity index (χ1v) is 9.78. The van der Waals surface area contributed by atoms with Crippen molar-refractivity contribution >= 4 is 21.8 Å². The third-order valence-electron chi connectivity index (χ3n) is 4.82. The molecule has 0 saturated carbocycles. The number of likely N-dealkylation sites (tertiary alicyclic amines) is 1. The van der Waals surface area contributed by atoms with Crippen LogP contribution in [0.25, 0.3) is 0 Å². The molecule has 26 heavy (non-hydrogen) atoms. The van der Waals surface area contributed by atoms with Gasteiger partial charge in [0.15, 0.2) is 11.5 Å². The number of carbonyl (C=O) groups is 1. The van der Waals surface area contributed by atoms with E-state index in [1.165, 1.54) is 5.56 Å². The fraction of sp³-hybridized carbons (Fsp3) is 0.381. The number of rotatable bonds is 5. The van der Waals surface area contributed by atoms with Gasteiger partial charge >= 0.3 is 0 Å². The van der Waals surface area contributed by atoms with Gasteiger partial charge in [0.25, 0.3) is 5.91 Å². The molecule has 0 spiro atoms. The number of methoxy groups -OCH3 is 1. The molecule has 0 bridgehead atoms. The van der Waals surface area contributed by atoms with Gasteiger partial charge in [0.1, 0.15) is 0 Å². The minimum atomic E-state index is 0.0403. The van der Waals surface area contributed by atoms with Gasteiger partial charge in [-0.1, -0.05) is 30.3 Å². The van der Waals surface area contributed by atoms with E-state index < -0.39 is 0 Å². The van der Waals surface area contributed by atoms with Crippen LogP contribution in [0, 0.1) is 0 Å². The number of piperidine rings is 1. The lowest BCUT2D eigenvalue weighted by Gasteiger charge is -2.32. The first-order valence-electron chi connectivity index (χ1n) is 8.98. The van der Waals surface area contributed by atoms with Crippen LogP contribution < -0.4 is 9.47 Å². The summed E-state index contributed by atoms with van der Waals surface area (Å²) in [4.78, 5) is 14.9. The van der Waals surface area contributed by atoms with E-state index in [9.17, 15) is 4.79 Å². The van der Waals surface area contributed by atoms with Gasteiger partial charge in [0, 0.05) is 18.7 Å². The maximum atomic E-state index is 12.9. The Balaban J connectivity index is 1.71. The third kappa shape index (κ3) is 4.04. The largest absolute Gasteiger partial charge is 0.493 e. The number of hydrogen-bond acceptors (Lipinski definition) is 3. The first kappa shape index (κ1) is 18.8. The number of ether oxygens (including phenoxy) is 2. The maximum Gasteiger partial charge on any atom is 0.254 e. The molecule has 5 heteroatoms. The summed E-state index contributed by atoms with van der Waals surface area (Å²) in [6, 6.07) is 14.1. The Morgan fingerprint density at radius 1 is 1.19 bits per heavy atom. The van der Waals surface area contributed by atoms with E-state index >= 15 is 0 Å². The van der Waals surface area contributed by atoms with E-state index in [0.29, 0.717) is 29.6 Å². The van der Waals surface area contributed by atoms with Crippen LogP contribution in [0.15, 0.2) is 46.9 Å². The Morgan fingerprint density at radius 3 is 2.50 bits per heavy atom. The Labute approximate surface area is 163 Å². The summed E-state index contributed by atoms with van der Waals surface area (Å²) in [5, 5.41) is 0. The van der Waals surface area contributed by atoms with Crippen LogP contribution in [-0.2, 0) is 0 Å². The summed E-state index contributed by atoms with van der Waals surface area (Å²) in [5.41, 5.74) is 1.99. The number of amides is 1. The Bertz CT molecular complexity index is 755. The normalized spacial score (nSPS) is 15.0. The van der Waals surface area contributed by atoms with Crippen LogP contribution in [0.2, 0.25) is 0 Å². The second-order valence-corrected chi connectivity index (χ2v) is 7.25. The minimum absolute atomic E-state index is 0.0403. The number of nitrogens with zero attached hydrogens (tertiary/aromatic N) is 1. The van der Waals surface area contributed by atoms with Gasteiger partial charge in [-0.05, 0) is 59.3 Å². The van der Waals surface area contributed by atoms with Crippen molar-refractivity contribution in [3.8, 4) is 11.5 Å². The number of benzene rings is 2. The highest BCUT2D eigenvalue weighted by Crippen LogP contribution is 2.37. The van der Waals surface area contributed by atoms with Crippen LogP contribution in [0.1, 0.15) is 41.6 Å². The zero-order valence-corrected chi connectivity index (χ0v) is 16.8. The lowest BCUT2D eigenvalue weighted by molar-refractivity contribution is 0.0712. The summed E-state index contributed by atoms with van der Waals surface area (Å²) in [6.07, 6.45) is 1.98. The quantitative estimate of drug-likeness (QED) is 0.695. The summed E-state index contributed by atoms with van der Waals surface area (Å²) < 4.78 is 11.7. The SMILES string of the molecule is CCOc1c(Br)cc(C(=O)N2CCC(c3ccccc3)CC2)cc1OC. The van der Waals surface area contributed by atoms with E-state index in [2.05, 4.69) is 40.2 Å².